The van der Waals surface area contributed by atoms with Gasteiger partial charge in [0.1, 0.15) is 0 Å². The standard InChI is InChI=1S/C22H22ClN/c1-6-7-17-10-15(3)19-12-18(24(5)22(19)11-17)13-20-16(4)14(2)8-9-21(20)23/h8-12H,13H2,1-5H3. The Balaban J connectivity index is 2.15. The minimum absolute atomic E-state index is 0.839. The summed E-state index contributed by atoms with van der Waals surface area (Å²) in [6.07, 6.45) is 0.839. The Hall–Kier alpha value is -2.17. The molecule has 0 unspecified atom stereocenters. The van der Waals surface area contributed by atoms with Crippen molar-refractivity contribution < 1.29 is 0 Å². The number of fused-ring (bicyclic) bond motifs is 1. The van der Waals surface area contributed by atoms with E-state index in [0.29, 0.717) is 0 Å². The Bertz CT molecular complexity index is 996. The summed E-state index contributed by atoms with van der Waals surface area (Å²) in [5.41, 5.74) is 8.61. The maximum atomic E-state index is 6.47. The van der Waals surface area contributed by atoms with Gasteiger partial charge in [-0.15, -0.1) is 5.92 Å². The van der Waals surface area contributed by atoms with Crippen LogP contribution in [0.4, 0.5) is 0 Å². The van der Waals surface area contributed by atoms with Gasteiger partial charge < -0.3 is 4.57 Å². The maximum Gasteiger partial charge on any atom is 0.0495 e. The zero-order valence-corrected chi connectivity index (χ0v) is 15.7. The number of rotatable bonds is 2. The van der Waals surface area contributed by atoms with Crippen molar-refractivity contribution in [2.24, 2.45) is 7.05 Å². The average molecular weight is 336 g/mol. The summed E-state index contributed by atoms with van der Waals surface area (Å²) in [5, 5.41) is 2.13. The van der Waals surface area contributed by atoms with Gasteiger partial charge in [0.05, 0.1) is 0 Å². The van der Waals surface area contributed by atoms with Crippen LogP contribution in [0.25, 0.3) is 10.9 Å². The van der Waals surface area contributed by atoms with E-state index in [-0.39, 0.29) is 0 Å². The zero-order chi connectivity index (χ0) is 17.4. The molecule has 3 aromatic rings. The zero-order valence-electron chi connectivity index (χ0n) is 14.9. The van der Waals surface area contributed by atoms with Gasteiger partial charge >= 0.3 is 0 Å². The van der Waals surface area contributed by atoms with Crippen LogP contribution < -0.4 is 0 Å². The van der Waals surface area contributed by atoms with Crippen LogP contribution in [-0.2, 0) is 13.5 Å². The van der Waals surface area contributed by atoms with Crippen molar-refractivity contribution >= 4 is 22.5 Å². The van der Waals surface area contributed by atoms with Crippen LogP contribution in [0.3, 0.4) is 0 Å². The van der Waals surface area contributed by atoms with Crippen LogP contribution in [-0.4, -0.2) is 4.57 Å². The summed E-state index contributed by atoms with van der Waals surface area (Å²) in [4.78, 5) is 0. The van der Waals surface area contributed by atoms with Gasteiger partial charge in [0, 0.05) is 40.7 Å². The molecule has 0 amide bonds. The third-order valence-corrected chi connectivity index (χ3v) is 5.26. The summed E-state index contributed by atoms with van der Waals surface area (Å²) < 4.78 is 2.27. The van der Waals surface area contributed by atoms with Crippen molar-refractivity contribution in [2.75, 3.05) is 0 Å². The molecule has 0 spiro atoms. The lowest BCUT2D eigenvalue weighted by Gasteiger charge is -2.12. The first-order valence-electron chi connectivity index (χ1n) is 8.18. The Morgan fingerprint density at radius 3 is 2.50 bits per heavy atom. The van der Waals surface area contributed by atoms with Crippen LogP contribution in [0.15, 0.2) is 30.3 Å². The Morgan fingerprint density at radius 1 is 1.04 bits per heavy atom. The molecular formula is C22H22ClN. The minimum atomic E-state index is 0.839. The topological polar surface area (TPSA) is 4.93 Å². The van der Waals surface area contributed by atoms with E-state index in [1.165, 1.54) is 38.9 Å². The summed E-state index contributed by atoms with van der Waals surface area (Å²) >= 11 is 6.47. The Labute approximate surface area is 149 Å². The van der Waals surface area contributed by atoms with Crippen molar-refractivity contribution in [3.8, 4) is 11.8 Å². The summed E-state index contributed by atoms with van der Waals surface area (Å²) in [6, 6.07) is 10.7. The van der Waals surface area contributed by atoms with E-state index in [9.17, 15) is 0 Å². The molecule has 0 radical (unpaired) electrons. The highest BCUT2D eigenvalue weighted by molar-refractivity contribution is 6.31. The molecule has 0 aliphatic carbocycles. The average Bonchev–Trinajstić information content (AvgIpc) is 2.85. The molecular weight excluding hydrogens is 314 g/mol. The van der Waals surface area contributed by atoms with Gasteiger partial charge in [-0.05, 0) is 74.2 Å². The molecule has 1 heterocycles. The van der Waals surface area contributed by atoms with Gasteiger partial charge in [0.15, 0.2) is 0 Å². The number of hydrogen-bond acceptors (Lipinski definition) is 0. The highest BCUT2D eigenvalue weighted by atomic mass is 35.5. The fraction of sp³-hybridized carbons (Fsp3) is 0.273. The first-order chi connectivity index (χ1) is 11.4. The third-order valence-electron chi connectivity index (χ3n) is 4.91. The Kier molecular flexibility index (Phi) is 4.43. The molecule has 1 aromatic heterocycles. The van der Waals surface area contributed by atoms with E-state index in [1.54, 1.807) is 0 Å². The van der Waals surface area contributed by atoms with Crippen molar-refractivity contribution in [2.45, 2.75) is 34.1 Å². The second-order valence-corrected chi connectivity index (χ2v) is 6.85. The van der Waals surface area contributed by atoms with Gasteiger partial charge in [-0.2, -0.15) is 0 Å². The fourth-order valence-corrected chi connectivity index (χ4v) is 3.56. The van der Waals surface area contributed by atoms with Gasteiger partial charge in [-0.25, -0.2) is 0 Å². The predicted molar refractivity (Wildman–Crippen MR) is 104 cm³/mol. The predicted octanol–water partition coefficient (Wildman–Crippen LogP) is 5.72. The van der Waals surface area contributed by atoms with Crippen LogP contribution in [0.2, 0.25) is 5.02 Å². The largest absolute Gasteiger partial charge is 0.347 e. The summed E-state index contributed by atoms with van der Waals surface area (Å²) in [7, 11) is 2.12. The minimum Gasteiger partial charge on any atom is -0.347 e. The first kappa shape index (κ1) is 16.7. The summed E-state index contributed by atoms with van der Waals surface area (Å²) in [6.45, 7) is 8.31. The van der Waals surface area contributed by atoms with Crippen LogP contribution in [0.1, 0.15) is 40.4 Å². The lowest BCUT2D eigenvalue weighted by atomic mass is 9.99. The molecule has 122 valence electrons. The molecule has 2 aromatic carbocycles. The molecule has 0 atom stereocenters. The number of halogens is 1. The summed E-state index contributed by atoms with van der Waals surface area (Å²) in [5.74, 6) is 6.15. The van der Waals surface area contributed by atoms with E-state index in [0.717, 1.165) is 17.0 Å². The first-order valence-corrected chi connectivity index (χ1v) is 8.56. The van der Waals surface area contributed by atoms with E-state index in [2.05, 4.69) is 68.5 Å². The molecule has 0 N–H and O–H groups in total. The number of benzene rings is 2. The van der Waals surface area contributed by atoms with Gasteiger partial charge in [-0.3, -0.25) is 0 Å². The SMILES string of the molecule is CC#Cc1cc(C)c2cc(Cc3c(Cl)ccc(C)c3C)n(C)c2c1. The van der Waals surface area contributed by atoms with Crippen molar-refractivity contribution in [1.29, 1.82) is 0 Å². The molecule has 2 heteroatoms. The highest BCUT2D eigenvalue weighted by Crippen LogP contribution is 2.29. The Morgan fingerprint density at radius 2 is 1.79 bits per heavy atom. The number of aryl methyl sites for hydroxylation is 3. The van der Waals surface area contributed by atoms with Crippen molar-refractivity contribution in [3.05, 3.63) is 68.9 Å². The molecule has 0 saturated heterocycles. The van der Waals surface area contributed by atoms with Crippen molar-refractivity contribution in [3.63, 3.8) is 0 Å². The van der Waals surface area contributed by atoms with E-state index >= 15 is 0 Å². The van der Waals surface area contributed by atoms with E-state index < -0.39 is 0 Å². The quantitative estimate of drug-likeness (QED) is 0.528. The highest BCUT2D eigenvalue weighted by Gasteiger charge is 2.13. The van der Waals surface area contributed by atoms with Crippen LogP contribution >= 0.6 is 11.6 Å². The molecule has 1 nitrogen and oxygen atoms in total. The van der Waals surface area contributed by atoms with Crippen LogP contribution in [0.5, 0.6) is 0 Å². The van der Waals surface area contributed by atoms with Crippen molar-refractivity contribution in [1.82, 2.24) is 4.57 Å². The molecule has 24 heavy (non-hydrogen) atoms. The fourth-order valence-electron chi connectivity index (χ4n) is 3.29. The normalized spacial score (nSPS) is 10.8. The molecule has 0 bridgehead atoms. The maximum absolute atomic E-state index is 6.47. The number of aromatic nitrogens is 1. The monoisotopic (exact) mass is 335 g/mol. The second-order valence-electron chi connectivity index (χ2n) is 6.44. The van der Waals surface area contributed by atoms with Gasteiger partial charge in [0.25, 0.3) is 0 Å². The second kappa shape index (κ2) is 6.38. The lowest BCUT2D eigenvalue weighted by molar-refractivity contribution is 0.877. The van der Waals surface area contributed by atoms with Crippen LogP contribution in [0, 0.1) is 32.6 Å². The smallest absolute Gasteiger partial charge is 0.0495 e. The number of nitrogens with zero attached hydrogens (tertiary/aromatic N) is 1. The molecule has 0 fully saturated rings. The number of hydrogen-bond donors (Lipinski definition) is 0. The van der Waals surface area contributed by atoms with E-state index in [4.69, 9.17) is 11.6 Å². The molecule has 0 aliphatic rings. The molecule has 0 saturated carbocycles. The van der Waals surface area contributed by atoms with Gasteiger partial charge in [0.2, 0.25) is 0 Å². The molecule has 0 aliphatic heterocycles. The van der Waals surface area contributed by atoms with E-state index in [1.807, 2.05) is 13.0 Å². The molecule has 3 rings (SSSR count). The van der Waals surface area contributed by atoms with Gasteiger partial charge in [-0.1, -0.05) is 23.6 Å². The lowest BCUT2D eigenvalue weighted by Crippen LogP contribution is -2.01. The third kappa shape index (κ3) is 2.83.